The molecule has 1 aromatic carbocycles. The van der Waals surface area contributed by atoms with E-state index in [9.17, 15) is 10.1 Å². The van der Waals surface area contributed by atoms with Crippen molar-refractivity contribution in [1.82, 2.24) is 0 Å². The third-order valence-electron chi connectivity index (χ3n) is 3.46. The van der Waals surface area contributed by atoms with E-state index in [1.165, 1.54) is 12.0 Å². The molecule has 4 heteroatoms. The van der Waals surface area contributed by atoms with Crippen molar-refractivity contribution in [1.29, 1.82) is 0 Å². The number of methoxy groups -OCH3 is 1. The van der Waals surface area contributed by atoms with Crippen LogP contribution in [0.3, 0.4) is 0 Å². The van der Waals surface area contributed by atoms with Crippen molar-refractivity contribution in [2.24, 2.45) is 0 Å². The lowest BCUT2D eigenvalue weighted by molar-refractivity contribution is -0.385. The molecule has 4 nitrogen and oxygen atoms in total. The van der Waals surface area contributed by atoms with Gasteiger partial charge in [-0.05, 0) is 36.8 Å². The van der Waals surface area contributed by atoms with Crippen molar-refractivity contribution in [2.45, 2.75) is 32.1 Å². The van der Waals surface area contributed by atoms with E-state index in [2.05, 4.69) is 6.58 Å². The Kier molecular flexibility index (Phi) is 3.65. The van der Waals surface area contributed by atoms with Gasteiger partial charge >= 0.3 is 0 Å². The van der Waals surface area contributed by atoms with Gasteiger partial charge in [-0.3, -0.25) is 10.1 Å². The summed E-state index contributed by atoms with van der Waals surface area (Å²) in [6.45, 7) is 3.84. The number of nitro benzene ring substituents is 1. The minimum absolute atomic E-state index is 0.129. The number of non-ortho nitro benzene ring substituents is 1. The number of hydrogen-bond donors (Lipinski definition) is 0. The number of hydrogen-bond acceptors (Lipinski definition) is 3. The molecule has 0 amide bonds. The Morgan fingerprint density at radius 3 is 2.72 bits per heavy atom. The first-order valence-corrected chi connectivity index (χ1v) is 6.17. The number of benzene rings is 1. The van der Waals surface area contributed by atoms with Crippen molar-refractivity contribution >= 4 is 11.4 Å². The summed E-state index contributed by atoms with van der Waals surface area (Å²) in [6.07, 6.45) is 5.23. The van der Waals surface area contributed by atoms with Crippen LogP contribution >= 0.6 is 0 Å². The zero-order valence-electron chi connectivity index (χ0n) is 10.6. The third-order valence-corrected chi connectivity index (χ3v) is 3.46. The average molecular weight is 247 g/mol. The van der Waals surface area contributed by atoms with Crippen LogP contribution in [0.25, 0.3) is 5.76 Å². The summed E-state index contributed by atoms with van der Waals surface area (Å²) >= 11 is 0. The van der Waals surface area contributed by atoms with Gasteiger partial charge in [0.1, 0.15) is 5.76 Å². The molecule has 0 heterocycles. The lowest BCUT2D eigenvalue weighted by Crippen LogP contribution is -2.01. The molecule has 0 radical (unpaired) electrons. The second kappa shape index (κ2) is 5.21. The lowest BCUT2D eigenvalue weighted by Gasteiger charge is -2.13. The van der Waals surface area contributed by atoms with Crippen LogP contribution in [0.5, 0.6) is 0 Å². The molecular formula is C14H17NO3. The fourth-order valence-corrected chi connectivity index (χ4v) is 2.49. The van der Waals surface area contributed by atoms with Gasteiger partial charge in [0, 0.05) is 17.7 Å². The van der Waals surface area contributed by atoms with E-state index >= 15 is 0 Å². The molecule has 0 saturated heterocycles. The summed E-state index contributed by atoms with van der Waals surface area (Å²) in [5.74, 6) is 0.511. The highest BCUT2D eigenvalue weighted by Crippen LogP contribution is 2.32. The fourth-order valence-electron chi connectivity index (χ4n) is 2.49. The van der Waals surface area contributed by atoms with Gasteiger partial charge in [-0.1, -0.05) is 13.0 Å². The van der Waals surface area contributed by atoms with Crippen LogP contribution in [0.15, 0.2) is 18.7 Å². The predicted octanol–water partition coefficient (Wildman–Crippen LogP) is 3.48. The van der Waals surface area contributed by atoms with Crippen LogP contribution in [0.2, 0.25) is 0 Å². The van der Waals surface area contributed by atoms with Gasteiger partial charge in [-0.25, -0.2) is 0 Å². The van der Waals surface area contributed by atoms with Gasteiger partial charge < -0.3 is 4.74 Å². The first-order chi connectivity index (χ1) is 8.63. The van der Waals surface area contributed by atoms with Crippen molar-refractivity contribution in [3.05, 3.63) is 45.5 Å². The smallest absolute Gasteiger partial charge is 0.270 e. The highest BCUT2D eigenvalue weighted by atomic mass is 16.6. The summed E-state index contributed by atoms with van der Waals surface area (Å²) in [7, 11) is 1.55. The molecule has 18 heavy (non-hydrogen) atoms. The second-order valence-electron chi connectivity index (χ2n) is 4.58. The maximum atomic E-state index is 11.0. The molecule has 0 bridgehead atoms. The Balaban J connectivity index is 2.57. The predicted molar refractivity (Wildman–Crippen MR) is 70.4 cm³/mol. The van der Waals surface area contributed by atoms with Crippen LogP contribution in [0.1, 0.15) is 36.0 Å². The van der Waals surface area contributed by atoms with Crippen LogP contribution in [0, 0.1) is 10.1 Å². The molecule has 0 atom stereocenters. The number of ether oxygens (including phenoxy) is 1. The summed E-state index contributed by atoms with van der Waals surface area (Å²) in [4.78, 5) is 10.6. The molecule has 2 rings (SSSR count). The molecule has 1 aliphatic rings. The van der Waals surface area contributed by atoms with E-state index in [1.54, 1.807) is 19.2 Å². The SMILES string of the molecule is C=C(OC)c1cc([N+](=O)[O-])cc2c1CCCCC2. The van der Waals surface area contributed by atoms with Crippen LogP contribution < -0.4 is 0 Å². The van der Waals surface area contributed by atoms with E-state index in [-0.39, 0.29) is 10.6 Å². The van der Waals surface area contributed by atoms with Gasteiger partial charge in [0.2, 0.25) is 0 Å². The monoisotopic (exact) mass is 247 g/mol. The Hall–Kier alpha value is -1.84. The maximum absolute atomic E-state index is 11.0. The number of rotatable bonds is 3. The van der Waals surface area contributed by atoms with Gasteiger partial charge in [-0.2, -0.15) is 0 Å². The normalized spacial score (nSPS) is 14.5. The van der Waals surface area contributed by atoms with E-state index in [0.29, 0.717) is 5.76 Å². The molecule has 96 valence electrons. The molecule has 0 fully saturated rings. The topological polar surface area (TPSA) is 52.4 Å². The second-order valence-corrected chi connectivity index (χ2v) is 4.58. The molecule has 0 N–H and O–H groups in total. The van der Waals surface area contributed by atoms with Crippen molar-refractivity contribution < 1.29 is 9.66 Å². The van der Waals surface area contributed by atoms with E-state index in [1.807, 2.05) is 0 Å². The molecule has 1 aliphatic carbocycles. The zero-order chi connectivity index (χ0) is 13.1. The number of fused-ring (bicyclic) bond motifs is 1. The molecular weight excluding hydrogens is 230 g/mol. The average Bonchev–Trinajstić information content (AvgIpc) is 2.61. The third kappa shape index (κ3) is 2.37. The van der Waals surface area contributed by atoms with Crippen molar-refractivity contribution in [3.63, 3.8) is 0 Å². The first-order valence-electron chi connectivity index (χ1n) is 6.17. The molecule has 1 aromatic rings. The first kappa shape index (κ1) is 12.6. The summed E-state index contributed by atoms with van der Waals surface area (Å²) in [5.41, 5.74) is 3.17. The van der Waals surface area contributed by atoms with Gasteiger partial charge in [-0.15, -0.1) is 0 Å². The standard InChI is InChI=1S/C14H17NO3/c1-10(18-2)14-9-12(15(16)17)8-11-6-4-3-5-7-13(11)14/h8-9H,1,3-7H2,2H3. The van der Waals surface area contributed by atoms with E-state index in [0.717, 1.165) is 36.8 Å². The minimum atomic E-state index is -0.350. The molecule has 0 aliphatic heterocycles. The number of aryl methyl sites for hydroxylation is 1. The van der Waals surface area contributed by atoms with Gasteiger partial charge in [0.15, 0.2) is 0 Å². The van der Waals surface area contributed by atoms with Crippen LogP contribution in [-0.4, -0.2) is 12.0 Å². The molecule has 0 aromatic heterocycles. The quantitative estimate of drug-likeness (QED) is 0.355. The molecule has 0 spiro atoms. The van der Waals surface area contributed by atoms with Gasteiger partial charge in [0.05, 0.1) is 12.0 Å². The van der Waals surface area contributed by atoms with Crippen molar-refractivity contribution in [2.75, 3.05) is 7.11 Å². The minimum Gasteiger partial charge on any atom is -0.497 e. The summed E-state index contributed by atoms with van der Waals surface area (Å²) < 4.78 is 5.16. The maximum Gasteiger partial charge on any atom is 0.270 e. The Bertz CT molecular complexity index is 494. The van der Waals surface area contributed by atoms with Gasteiger partial charge in [0.25, 0.3) is 5.69 Å². The molecule has 0 saturated carbocycles. The lowest BCUT2D eigenvalue weighted by atomic mass is 9.95. The number of nitro groups is 1. The number of nitrogens with zero attached hydrogens (tertiary/aromatic N) is 1. The summed E-state index contributed by atoms with van der Waals surface area (Å²) in [5, 5.41) is 11.0. The molecule has 0 unspecified atom stereocenters. The van der Waals surface area contributed by atoms with E-state index in [4.69, 9.17) is 4.74 Å². The Labute approximate surface area is 106 Å². The van der Waals surface area contributed by atoms with Crippen LogP contribution in [0.4, 0.5) is 5.69 Å². The summed E-state index contributed by atoms with van der Waals surface area (Å²) in [6, 6.07) is 3.28. The Morgan fingerprint density at radius 1 is 1.33 bits per heavy atom. The highest BCUT2D eigenvalue weighted by molar-refractivity contribution is 5.66. The largest absolute Gasteiger partial charge is 0.497 e. The highest BCUT2D eigenvalue weighted by Gasteiger charge is 2.19. The van der Waals surface area contributed by atoms with Crippen molar-refractivity contribution in [3.8, 4) is 0 Å². The van der Waals surface area contributed by atoms with Crippen LogP contribution in [-0.2, 0) is 17.6 Å². The van der Waals surface area contributed by atoms with E-state index < -0.39 is 0 Å². The Morgan fingerprint density at radius 2 is 2.06 bits per heavy atom. The fraction of sp³-hybridized carbons (Fsp3) is 0.429. The zero-order valence-corrected chi connectivity index (χ0v) is 10.6.